The molecule has 0 bridgehead atoms. The molecule has 1 heterocycles. The highest BCUT2D eigenvalue weighted by Crippen LogP contribution is 2.40. The molecular weight excluding hydrogens is 210 g/mol. The monoisotopic (exact) mass is 235 g/mol. The van der Waals surface area contributed by atoms with Crippen LogP contribution in [0.5, 0.6) is 0 Å². The van der Waals surface area contributed by atoms with Crippen LogP contribution in [0.2, 0.25) is 0 Å². The molecule has 0 fully saturated rings. The predicted octanol–water partition coefficient (Wildman–Crippen LogP) is 2.92. The van der Waals surface area contributed by atoms with Crippen molar-refractivity contribution in [1.82, 2.24) is 15.1 Å². The fourth-order valence-corrected chi connectivity index (χ4v) is 2.93. The minimum atomic E-state index is 0.380. The topological polar surface area (TPSA) is 29.9 Å². The molecule has 1 aliphatic carbocycles. The van der Waals surface area contributed by atoms with E-state index < -0.39 is 0 Å². The summed E-state index contributed by atoms with van der Waals surface area (Å²) in [6.45, 7) is 11.2. The molecule has 0 aromatic carbocycles. The van der Waals surface area contributed by atoms with E-state index in [9.17, 15) is 0 Å². The zero-order valence-electron chi connectivity index (χ0n) is 11.6. The number of hydrogen-bond acceptors (Lipinski definition) is 2. The molecule has 2 rings (SSSR count). The molecule has 1 unspecified atom stereocenters. The van der Waals surface area contributed by atoms with Gasteiger partial charge in [0.25, 0.3) is 0 Å². The molecule has 0 amide bonds. The number of fused-ring (bicyclic) bond motifs is 1. The van der Waals surface area contributed by atoms with Gasteiger partial charge in [-0.25, -0.2) is 0 Å². The molecule has 17 heavy (non-hydrogen) atoms. The highest BCUT2D eigenvalue weighted by molar-refractivity contribution is 5.27. The minimum Gasteiger partial charge on any atom is -0.310 e. The smallest absolute Gasteiger partial charge is 0.0540 e. The van der Waals surface area contributed by atoms with Gasteiger partial charge in [0.2, 0.25) is 0 Å². The molecule has 0 spiro atoms. The quantitative estimate of drug-likeness (QED) is 0.869. The molecule has 0 saturated carbocycles. The third kappa shape index (κ3) is 2.54. The SMILES string of the molecule is CCCn1ncc2c1CC(C)(C)CC2NCC. The van der Waals surface area contributed by atoms with Gasteiger partial charge in [0.15, 0.2) is 0 Å². The van der Waals surface area contributed by atoms with E-state index in [2.05, 4.69) is 49.0 Å². The lowest BCUT2D eigenvalue weighted by atomic mass is 9.74. The maximum absolute atomic E-state index is 4.56. The van der Waals surface area contributed by atoms with Crippen LogP contribution in [0, 0.1) is 5.41 Å². The number of aromatic nitrogens is 2. The van der Waals surface area contributed by atoms with Gasteiger partial charge in [-0.2, -0.15) is 5.10 Å². The zero-order valence-corrected chi connectivity index (χ0v) is 11.6. The van der Waals surface area contributed by atoms with E-state index in [1.165, 1.54) is 17.7 Å². The number of hydrogen-bond donors (Lipinski definition) is 1. The van der Waals surface area contributed by atoms with Gasteiger partial charge in [-0.1, -0.05) is 27.7 Å². The standard InChI is InChI=1S/C14H25N3/c1-5-7-17-13-9-14(3,4)8-12(15-6-2)11(13)10-16-17/h10,12,15H,5-9H2,1-4H3. The van der Waals surface area contributed by atoms with Crippen LogP contribution in [0.4, 0.5) is 0 Å². The Morgan fingerprint density at radius 3 is 2.88 bits per heavy atom. The van der Waals surface area contributed by atoms with Gasteiger partial charge >= 0.3 is 0 Å². The van der Waals surface area contributed by atoms with Crippen molar-refractivity contribution in [2.45, 2.75) is 59.5 Å². The molecule has 1 N–H and O–H groups in total. The number of nitrogens with one attached hydrogen (secondary N) is 1. The van der Waals surface area contributed by atoms with Crippen LogP contribution in [0.1, 0.15) is 57.8 Å². The summed E-state index contributed by atoms with van der Waals surface area (Å²) in [5, 5.41) is 8.16. The summed E-state index contributed by atoms with van der Waals surface area (Å²) in [4.78, 5) is 0. The van der Waals surface area contributed by atoms with E-state index in [0.717, 1.165) is 25.9 Å². The van der Waals surface area contributed by atoms with Gasteiger partial charge in [-0.05, 0) is 31.2 Å². The first kappa shape index (κ1) is 12.6. The molecule has 0 aliphatic heterocycles. The summed E-state index contributed by atoms with van der Waals surface area (Å²) in [5.74, 6) is 0. The van der Waals surface area contributed by atoms with Crippen LogP contribution in [0.25, 0.3) is 0 Å². The summed E-state index contributed by atoms with van der Waals surface area (Å²) < 4.78 is 2.21. The summed E-state index contributed by atoms with van der Waals surface area (Å²) in [6, 6.07) is 0.490. The second-order valence-corrected chi connectivity index (χ2v) is 5.93. The fourth-order valence-electron chi connectivity index (χ4n) is 2.93. The van der Waals surface area contributed by atoms with Gasteiger partial charge < -0.3 is 5.32 Å². The minimum absolute atomic E-state index is 0.380. The number of aryl methyl sites for hydroxylation is 1. The van der Waals surface area contributed by atoms with E-state index in [-0.39, 0.29) is 0 Å². The first-order chi connectivity index (χ1) is 8.07. The van der Waals surface area contributed by atoms with E-state index in [1.54, 1.807) is 0 Å². The Hall–Kier alpha value is -0.830. The van der Waals surface area contributed by atoms with E-state index >= 15 is 0 Å². The van der Waals surface area contributed by atoms with Crippen LogP contribution < -0.4 is 5.32 Å². The first-order valence-corrected chi connectivity index (χ1v) is 6.85. The van der Waals surface area contributed by atoms with Crippen molar-refractivity contribution in [2.24, 2.45) is 5.41 Å². The van der Waals surface area contributed by atoms with Gasteiger partial charge in [0, 0.05) is 23.8 Å². The first-order valence-electron chi connectivity index (χ1n) is 6.85. The van der Waals surface area contributed by atoms with Crippen molar-refractivity contribution in [3.63, 3.8) is 0 Å². The molecule has 1 aromatic rings. The average molecular weight is 235 g/mol. The Bertz CT molecular complexity index is 379. The van der Waals surface area contributed by atoms with Crippen LogP contribution in [0.3, 0.4) is 0 Å². The molecule has 3 nitrogen and oxygen atoms in total. The summed E-state index contributed by atoms with van der Waals surface area (Å²) in [5.41, 5.74) is 3.26. The molecule has 3 heteroatoms. The van der Waals surface area contributed by atoms with E-state index in [1.807, 2.05) is 0 Å². The van der Waals surface area contributed by atoms with Crippen molar-refractivity contribution in [3.05, 3.63) is 17.5 Å². The Balaban J connectivity index is 2.32. The van der Waals surface area contributed by atoms with Gasteiger partial charge in [0.1, 0.15) is 0 Å². The van der Waals surface area contributed by atoms with Gasteiger partial charge in [-0.15, -0.1) is 0 Å². The van der Waals surface area contributed by atoms with Crippen LogP contribution in [-0.2, 0) is 13.0 Å². The third-order valence-corrected chi connectivity index (χ3v) is 3.65. The van der Waals surface area contributed by atoms with Gasteiger partial charge in [-0.3, -0.25) is 4.68 Å². The molecule has 1 atom stereocenters. The normalized spacial score (nSPS) is 22.5. The Kier molecular flexibility index (Phi) is 3.57. The van der Waals surface area contributed by atoms with Crippen molar-refractivity contribution in [1.29, 1.82) is 0 Å². The van der Waals surface area contributed by atoms with E-state index in [0.29, 0.717) is 11.5 Å². The van der Waals surface area contributed by atoms with E-state index in [4.69, 9.17) is 0 Å². The lowest BCUT2D eigenvalue weighted by molar-refractivity contribution is 0.252. The van der Waals surface area contributed by atoms with Crippen molar-refractivity contribution in [3.8, 4) is 0 Å². The van der Waals surface area contributed by atoms with Gasteiger partial charge in [0.05, 0.1) is 6.20 Å². The van der Waals surface area contributed by atoms with Crippen molar-refractivity contribution < 1.29 is 0 Å². The Morgan fingerprint density at radius 1 is 1.47 bits per heavy atom. The molecule has 0 saturated heterocycles. The van der Waals surface area contributed by atoms with Crippen LogP contribution in [0.15, 0.2) is 6.20 Å². The summed E-state index contributed by atoms with van der Waals surface area (Å²) in [7, 11) is 0. The second-order valence-electron chi connectivity index (χ2n) is 5.93. The van der Waals surface area contributed by atoms with Crippen LogP contribution in [-0.4, -0.2) is 16.3 Å². The molecular formula is C14H25N3. The Morgan fingerprint density at radius 2 is 2.24 bits per heavy atom. The largest absolute Gasteiger partial charge is 0.310 e. The second kappa shape index (κ2) is 4.81. The molecule has 1 aromatic heterocycles. The lowest BCUT2D eigenvalue weighted by Crippen LogP contribution is -2.33. The maximum Gasteiger partial charge on any atom is 0.0540 e. The van der Waals surface area contributed by atoms with Crippen LogP contribution >= 0.6 is 0 Å². The predicted molar refractivity (Wildman–Crippen MR) is 71.0 cm³/mol. The summed E-state index contributed by atoms with van der Waals surface area (Å²) in [6.07, 6.45) is 5.60. The third-order valence-electron chi connectivity index (χ3n) is 3.65. The highest BCUT2D eigenvalue weighted by Gasteiger charge is 2.34. The summed E-state index contributed by atoms with van der Waals surface area (Å²) >= 11 is 0. The Labute approximate surface area is 105 Å². The maximum atomic E-state index is 4.56. The van der Waals surface area contributed by atoms with Crippen molar-refractivity contribution >= 4 is 0 Å². The highest BCUT2D eigenvalue weighted by atomic mass is 15.3. The van der Waals surface area contributed by atoms with Crippen molar-refractivity contribution in [2.75, 3.05) is 6.54 Å². The molecule has 0 radical (unpaired) electrons. The zero-order chi connectivity index (χ0) is 12.5. The average Bonchev–Trinajstić information content (AvgIpc) is 2.61. The number of rotatable bonds is 4. The fraction of sp³-hybridized carbons (Fsp3) is 0.786. The molecule has 1 aliphatic rings. The lowest BCUT2D eigenvalue weighted by Gasteiger charge is -2.36. The molecule has 96 valence electrons. The number of nitrogens with zero attached hydrogens (tertiary/aromatic N) is 2.